The number of ether oxygens (including phenoxy) is 4. The van der Waals surface area contributed by atoms with Crippen LogP contribution >= 0.6 is 0 Å². The zero-order valence-corrected chi connectivity index (χ0v) is 16.9. The molecule has 1 aliphatic rings. The summed E-state index contributed by atoms with van der Waals surface area (Å²) in [5, 5.41) is 4.18. The van der Waals surface area contributed by atoms with Gasteiger partial charge in [-0.25, -0.2) is 4.98 Å². The maximum Gasteiger partial charge on any atom is 0.258 e. The van der Waals surface area contributed by atoms with Gasteiger partial charge in [0, 0.05) is 37.1 Å². The lowest BCUT2D eigenvalue weighted by atomic mass is 10.2. The Bertz CT molecular complexity index is 1210. The Kier molecular flexibility index (Phi) is 4.83. The summed E-state index contributed by atoms with van der Waals surface area (Å²) in [6, 6.07) is 9.06. The van der Waals surface area contributed by atoms with Crippen molar-refractivity contribution in [3.8, 4) is 40.1 Å². The molecule has 9 nitrogen and oxygen atoms in total. The van der Waals surface area contributed by atoms with E-state index in [0.717, 1.165) is 17.0 Å². The summed E-state index contributed by atoms with van der Waals surface area (Å²) in [6.45, 7) is 0.317. The van der Waals surface area contributed by atoms with E-state index < -0.39 is 0 Å². The molecule has 5 heterocycles. The molecular formula is C22H19N5O4. The van der Waals surface area contributed by atoms with Crippen LogP contribution < -0.4 is 18.9 Å². The van der Waals surface area contributed by atoms with Gasteiger partial charge in [-0.15, -0.1) is 0 Å². The van der Waals surface area contributed by atoms with Crippen molar-refractivity contribution in [3.63, 3.8) is 0 Å². The molecule has 0 amide bonds. The second kappa shape index (κ2) is 7.94. The van der Waals surface area contributed by atoms with Crippen LogP contribution in [-0.2, 0) is 7.05 Å². The molecule has 9 heteroatoms. The van der Waals surface area contributed by atoms with Crippen LogP contribution in [0.2, 0.25) is 0 Å². The molecule has 0 saturated carbocycles. The molecule has 4 aromatic rings. The van der Waals surface area contributed by atoms with E-state index >= 15 is 0 Å². The van der Waals surface area contributed by atoms with Crippen molar-refractivity contribution in [2.45, 2.75) is 6.10 Å². The highest BCUT2D eigenvalue weighted by atomic mass is 16.6. The topological polar surface area (TPSA) is 93.4 Å². The Labute approximate surface area is 178 Å². The van der Waals surface area contributed by atoms with Crippen LogP contribution in [0.15, 0.2) is 61.3 Å². The predicted octanol–water partition coefficient (Wildman–Crippen LogP) is 3.59. The van der Waals surface area contributed by atoms with Crippen molar-refractivity contribution in [2.75, 3.05) is 13.7 Å². The molecule has 0 N–H and O–H groups in total. The zero-order chi connectivity index (χ0) is 21.2. The molecule has 156 valence electrons. The van der Waals surface area contributed by atoms with Crippen LogP contribution in [-0.4, -0.2) is 38.4 Å². The highest BCUT2D eigenvalue weighted by molar-refractivity contribution is 5.59. The molecule has 0 saturated heterocycles. The number of pyridine rings is 3. The number of hydrogen-bond donors (Lipinski definition) is 0. The van der Waals surface area contributed by atoms with E-state index in [0.29, 0.717) is 35.5 Å². The van der Waals surface area contributed by atoms with Crippen LogP contribution in [0.4, 0.5) is 0 Å². The summed E-state index contributed by atoms with van der Waals surface area (Å²) in [6.07, 6.45) is 8.23. The fraction of sp³-hybridized carbons (Fsp3) is 0.182. The number of aryl methyl sites for hydroxylation is 1. The molecule has 0 radical (unpaired) electrons. The van der Waals surface area contributed by atoms with Gasteiger partial charge in [0.2, 0.25) is 0 Å². The van der Waals surface area contributed by atoms with Gasteiger partial charge in [-0.3, -0.25) is 14.6 Å². The van der Waals surface area contributed by atoms with E-state index in [1.165, 1.54) is 0 Å². The molecule has 1 atom stereocenters. The molecule has 4 aromatic heterocycles. The summed E-state index contributed by atoms with van der Waals surface area (Å²) < 4.78 is 24.6. The number of aromatic nitrogens is 5. The van der Waals surface area contributed by atoms with E-state index in [9.17, 15) is 0 Å². The Hall–Kier alpha value is -4.14. The van der Waals surface area contributed by atoms with Gasteiger partial charge in [-0.2, -0.15) is 5.10 Å². The molecule has 0 aromatic carbocycles. The lowest BCUT2D eigenvalue weighted by Gasteiger charge is -2.25. The number of methoxy groups -OCH3 is 1. The van der Waals surface area contributed by atoms with Gasteiger partial charge in [-0.05, 0) is 18.2 Å². The first-order valence-electron chi connectivity index (χ1n) is 9.60. The maximum absolute atomic E-state index is 5.96. The fourth-order valence-corrected chi connectivity index (χ4v) is 3.17. The normalized spacial score (nSPS) is 14.8. The first-order valence-corrected chi connectivity index (χ1v) is 9.60. The fourth-order valence-electron chi connectivity index (χ4n) is 3.17. The first-order chi connectivity index (χ1) is 15.2. The van der Waals surface area contributed by atoms with Crippen molar-refractivity contribution in [2.24, 2.45) is 7.05 Å². The average Bonchev–Trinajstić information content (AvgIpc) is 3.25. The largest absolute Gasteiger partial charge is 0.495 e. The third-order valence-electron chi connectivity index (χ3n) is 4.73. The number of nitrogens with zero attached hydrogens (tertiary/aromatic N) is 5. The first kappa shape index (κ1) is 18.9. The van der Waals surface area contributed by atoms with Gasteiger partial charge >= 0.3 is 0 Å². The van der Waals surface area contributed by atoms with Gasteiger partial charge in [0.05, 0.1) is 37.1 Å². The van der Waals surface area contributed by atoms with Gasteiger partial charge in [0.25, 0.3) is 5.88 Å². The number of hydrogen-bond acceptors (Lipinski definition) is 8. The smallest absolute Gasteiger partial charge is 0.258 e. The van der Waals surface area contributed by atoms with E-state index in [-0.39, 0.29) is 6.10 Å². The van der Waals surface area contributed by atoms with Crippen molar-refractivity contribution in [3.05, 3.63) is 67.0 Å². The second-order valence-corrected chi connectivity index (χ2v) is 6.90. The minimum absolute atomic E-state index is 0.317. The van der Waals surface area contributed by atoms with Crippen LogP contribution in [0.3, 0.4) is 0 Å². The summed E-state index contributed by atoms with van der Waals surface area (Å²) in [4.78, 5) is 13.1. The van der Waals surface area contributed by atoms with Gasteiger partial charge in [-0.1, -0.05) is 0 Å². The highest BCUT2D eigenvalue weighted by Crippen LogP contribution is 2.37. The molecule has 5 rings (SSSR count). The number of rotatable bonds is 5. The molecule has 0 bridgehead atoms. The van der Waals surface area contributed by atoms with Gasteiger partial charge < -0.3 is 18.9 Å². The number of fused-ring (bicyclic) bond motifs is 1. The summed E-state index contributed by atoms with van der Waals surface area (Å²) >= 11 is 0. The van der Waals surface area contributed by atoms with Crippen molar-refractivity contribution < 1.29 is 18.9 Å². The Morgan fingerprint density at radius 1 is 1.00 bits per heavy atom. The molecular weight excluding hydrogens is 398 g/mol. The maximum atomic E-state index is 5.96. The van der Waals surface area contributed by atoms with Crippen LogP contribution in [0.5, 0.6) is 28.9 Å². The average molecular weight is 417 g/mol. The molecule has 1 aliphatic heterocycles. The van der Waals surface area contributed by atoms with Crippen molar-refractivity contribution in [1.29, 1.82) is 0 Å². The SMILES string of the molecule is COc1ccc([C@H]2COc3cc(Oc4ccnc(-c5cnn(C)c5)c4)cnc3O2)nc1. The van der Waals surface area contributed by atoms with E-state index in [2.05, 4.69) is 20.1 Å². The van der Waals surface area contributed by atoms with Crippen LogP contribution in [0, 0.1) is 0 Å². The zero-order valence-electron chi connectivity index (χ0n) is 16.9. The Morgan fingerprint density at radius 3 is 2.68 bits per heavy atom. The third kappa shape index (κ3) is 3.97. The molecule has 31 heavy (non-hydrogen) atoms. The standard InChI is InChI=1S/C22H19N5O4/c1-27-12-14(9-26-27)19-7-15(5-6-23-19)30-17-8-20-22(25-11-17)31-21(13-29-20)18-4-3-16(28-2)10-24-18/h3-12,21H,13H2,1-2H3/t21-/m1/s1. The third-order valence-corrected chi connectivity index (χ3v) is 4.73. The predicted molar refractivity (Wildman–Crippen MR) is 110 cm³/mol. The lowest BCUT2D eigenvalue weighted by Crippen LogP contribution is -2.23. The van der Waals surface area contributed by atoms with Crippen LogP contribution in [0.25, 0.3) is 11.3 Å². The molecule has 0 unspecified atom stereocenters. The molecule has 0 aliphatic carbocycles. The summed E-state index contributed by atoms with van der Waals surface area (Å²) in [7, 11) is 3.46. The minimum Gasteiger partial charge on any atom is -0.495 e. The minimum atomic E-state index is -0.347. The highest BCUT2D eigenvalue weighted by Gasteiger charge is 2.25. The summed E-state index contributed by atoms with van der Waals surface area (Å²) in [5.41, 5.74) is 2.42. The van der Waals surface area contributed by atoms with E-state index in [1.54, 1.807) is 48.7 Å². The molecule has 0 spiro atoms. The van der Waals surface area contributed by atoms with Crippen molar-refractivity contribution >= 4 is 0 Å². The molecule has 0 fully saturated rings. The van der Waals surface area contributed by atoms with Gasteiger partial charge in [0.1, 0.15) is 23.9 Å². The second-order valence-electron chi connectivity index (χ2n) is 6.90. The van der Waals surface area contributed by atoms with E-state index in [4.69, 9.17) is 18.9 Å². The lowest BCUT2D eigenvalue weighted by molar-refractivity contribution is 0.0817. The van der Waals surface area contributed by atoms with E-state index in [1.807, 2.05) is 31.4 Å². The Balaban J connectivity index is 1.31. The quantitative estimate of drug-likeness (QED) is 0.486. The van der Waals surface area contributed by atoms with Crippen molar-refractivity contribution in [1.82, 2.24) is 24.7 Å². The summed E-state index contributed by atoms with van der Waals surface area (Å²) in [5.74, 6) is 2.76. The monoisotopic (exact) mass is 417 g/mol. The van der Waals surface area contributed by atoms with Crippen LogP contribution in [0.1, 0.15) is 11.8 Å². The Morgan fingerprint density at radius 2 is 1.90 bits per heavy atom. The van der Waals surface area contributed by atoms with Gasteiger partial charge in [0.15, 0.2) is 11.9 Å².